The van der Waals surface area contributed by atoms with E-state index in [1.807, 2.05) is 12.1 Å². The maximum Gasteiger partial charge on any atom is 0.488 e. The average Bonchev–Trinajstić information content (AvgIpc) is 2.98. The second-order valence-electron chi connectivity index (χ2n) is 6.18. The molecule has 3 aromatic carbocycles. The van der Waals surface area contributed by atoms with E-state index >= 15 is 0 Å². The van der Waals surface area contributed by atoms with Gasteiger partial charge in [0.15, 0.2) is 0 Å². The lowest BCUT2D eigenvalue weighted by Gasteiger charge is -2.10. The molecule has 1 aliphatic carbocycles. The lowest BCUT2D eigenvalue weighted by Crippen LogP contribution is -2.30. The van der Waals surface area contributed by atoms with Crippen molar-refractivity contribution in [3.8, 4) is 11.1 Å². The van der Waals surface area contributed by atoms with Gasteiger partial charge in [-0.1, -0.05) is 54.6 Å². The number of rotatable bonds is 4. The second kappa shape index (κ2) is 6.15. The zero-order chi connectivity index (χ0) is 16.5. The molecule has 0 aromatic heterocycles. The molecule has 118 valence electrons. The standard InChI is InChI=1S/C20H18BNO2/c23-21(24)17-6-3-4-14(10-17)13-22-18-8-9-20-16(12-18)11-15-5-1-2-7-19(15)20/h1-10,12,22-24H,11,13H2. The Morgan fingerprint density at radius 1 is 0.833 bits per heavy atom. The first-order valence-corrected chi connectivity index (χ1v) is 8.11. The van der Waals surface area contributed by atoms with Crippen LogP contribution in [0.1, 0.15) is 16.7 Å². The molecule has 0 atom stereocenters. The third-order valence-corrected chi connectivity index (χ3v) is 4.54. The minimum atomic E-state index is -1.43. The fraction of sp³-hybridized carbons (Fsp3) is 0.100. The highest BCUT2D eigenvalue weighted by Crippen LogP contribution is 2.37. The first-order chi connectivity index (χ1) is 11.7. The topological polar surface area (TPSA) is 52.5 Å². The predicted octanol–water partition coefficient (Wildman–Crippen LogP) is 2.55. The summed E-state index contributed by atoms with van der Waals surface area (Å²) in [6.07, 6.45) is 0.979. The molecule has 0 heterocycles. The summed E-state index contributed by atoms with van der Waals surface area (Å²) in [7, 11) is -1.43. The summed E-state index contributed by atoms with van der Waals surface area (Å²) in [5.74, 6) is 0. The molecule has 24 heavy (non-hydrogen) atoms. The fourth-order valence-electron chi connectivity index (χ4n) is 3.32. The second-order valence-corrected chi connectivity index (χ2v) is 6.18. The molecule has 0 amide bonds. The summed E-state index contributed by atoms with van der Waals surface area (Å²) in [5, 5.41) is 21.9. The van der Waals surface area contributed by atoms with Crippen molar-refractivity contribution >= 4 is 18.3 Å². The van der Waals surface area contributed by atoms with Gasteiger partial charge in [0.25, 0.3) is 0 Å². The summed E-state index contributed by atoms with van der Waals surface area (Å²) < 4.78 is 0. The highest BCUT2D eigenvalue weighted by Gasteiger charge is 2.17. The van der Waals surface area contributed by atoms with E-state index in [0.29, 0.717) is 12.0 Å². The number of benzene rings is 3. The van der Waals surface area contributed by atoms with Crippen molar-refractivity contribution in [3.63, 3.8) is 0 Å². The number of nitrogens with one attached hydrogen (secondary N) is 1. The highest BCUT2D eigenvalue weighted by atomic mass is 16.4. The summed E-state index contributed by atoms with van der Waals surface area (Å²) in [4.78, 5) is 0. The number of hydrogen-bond acceptors (Lipinski definition) is 3. The third kappa shape index (κ3) is 2.82. The molecule has 0 unspecified atom stereocenters. The van der Waals surface area contributed by atoms with Crippen LogP contribution in [0.25, 0.3) is 11.1 Å². The lowest BCUT2D eigenvalue weighted by atomic mass is 9.79. The summed E-state index contributed by atoms with van der Waals surface area (Å²) in [6, 6.07) is 22.4. The minimum absolute atomic E-state index is 0.513. The Balaban J connectivity index is 1.51. The maximum atomic E-state index is 9.26. The first-order valence-electron chi connectivity index (χ1n) is 8.11. The SMILES string of the molecule is OB(O)c1cccc(CNc2ccc3c(c2)Cc2ccccc2-3)c1. The Labute approximate surface area is 141 Å². The normalized spacial score (nSPS) is 11.8. The van der Waals surface area contributed by atoms with Gasteiger partial charge >= 0.3 is 7.12 Å². The molecule has 4 heteroatoms. The van der Waals surface area contributed by atoms with Gasteiger partial charge in [0.2, 0.25) is 0 Å². The lowest BCUT2D eigenvalue weighted by molar-refractivity contribution is 0.425. The van der Waals surface area contributed by atoms with Crippen LogP contribution in [-0.2, 0) is 13.0 Å². The van der Waals surface area contributed by atoms with Crippen LogP contribution in [0.4, 0.5) is 5.69 Å². The Kier molecular flexibility index (Phi) is 3.85. The van der Waals surface area contributed by atoms with Crippen molar-refractivity contribution in [3.05, 3.63) is 83.4 Å². The molecule has 3 N–H and O–H groups in total. The largest absolute Gasteiger partial charge is 0.488 e. The number of fused-ring (bicyclic) bond motifs is 3. The summed E-state index contributed by atoms with van der Waals surface area (Å²) in [6.45, 7) is 0.645. The monoisotopic (exact) mass is 315 g/mol. The van der Waals surface area contributed by atoms with Gasteiger partial charge in [-0.2, -0.15) is 0 Å². The molecule has 0 bridgehead atoms. The quantitative estimate of drug-likeness (QED) is 0.507. The van der Waals surface area contributed by atoms with Crippen LogP contribution in [0.15, 0.2) is 66.7 Å². The molecule has 0 saturated carbocycles. The molecule has 4 rings (SSSR count). The van der Waals surface area contributed by atoms with E-state index in [4.69, 9.17) is 0 Å². The Morgan fingerprint density at radius 2 is 1.67 bits per heavy atom. The van der Waals surface area contributed by atoms with Gasteiger partial charge in [-0.05, 0) is 51.8 Å². The Morgan fingerprint density at radius 3 is 2.54 bits per heavy atom. The van der Waals surface area contributed by atoms with Gasteiger partial charge < -0.3 is 15.4 Å². The highest BCUT2D eigenvalue weighted by molar-refractivity contribution is 6.58. The van der Waals surface area contributed by atoms with Gasteiger partial charge in [0.05, 0.1) is 0 Å². The van der Waals surface area contributed by atoms with Crippen molar-refractivity contribution in [1.82, 2.24) is 0 Å². The van der Waals surface area contributed by atoms with Crippen molar-refractivity contribution < 1.29 is 10.0 Å². The number of hydrogen-bond donors (Lipinski definition) is 3. The van der Waals surface area contributed by atoms with Gasteiger partial charge in [0.1, 0.15) is 0 Å². The van der Waals surface area contributed by atoms with Crippen LogP contribution in [0, 0.1) is 0 Å². The molecule has 0 spiro atoms. The van der Waals surface area contributed by atoms with E-state index in [1.165, 1.54) is 22.3 Å². The summed E-state index contributed by atoms with van der Waals surface area (Å²) >= 11 is 0. The van der Waals surface area contributed by atoms with Gasteiger partial charge in [-0.3, -0.25) is 0 Å². The molecule has 0 saturated heterocycles. The van der Waals surface area contributed by atoms with Crippen LogP contribution in [0.3, 0.4) is 0 Å². The average molecular weight is 315 g/mol. The van der Waals surface area contributed by atoms with Crippen LogP contribution < -0.4 is 10.8 Å². The third-order valence-electron chi connectivity index (χ3n) is 4.54. The van der Waals surface area contributed by atoms with Crippen molar-refractivity contribution in [1.29, 1.82) is 0 Å². The van der Waals surface area contributed by atoms with E-state index in [2.05, 4.69) is 47.8 Å². The predicted molar refractivity (Wildman–Crippen MR) is 98.3 cm³/mol. The molecular formula is C20H18BNO2. The van der Waals surface area contributed by atoms with E-state index < -0.39 is 7.12 Å². The van der Waals surface area contributed by atoms with Crippen molar-refractivity contribution in [2.24, 2.45) is 0 Å². The van der Waals surface area contributed by atoms with E-state index in [1.54, 1.807) is 12.1 Å². The van der Waals surface area contributed by atoms with Gasteiger partial charge in [-0.25, -0.2) is 0 Å². The van der Waals surface area contributed by atoms with Crippen LogP contribution in [0.5, 0.6) is 0 Å². The molecule has 3 nitrogen and oxygen atoms in total. The Hall–Kier alpha value is -2.56. The Bertz CT molecular complexity index is 892. The van der Waals surface area contributed by atoms with Gasteiger partial charge in [0, 0.05) is 12.2 Å². The summed E-state index contributed by atoms with van der Waals surface area (Å²) in [5.41, 5.74) is 8.00. The molecular weight excluding hydrogens is 297 g/mol. The first kappa shape index (κ1) is 15.0. The van der Waals surface area contributed by atoms with Gasteiger partial charge in [-0.15, -0.1) is 0 Å². The fourth-order valence-corrected chi connectivity index (χ4v) is 3.32. The van der Waals surface area contributed by atoms with Crippen molar-refractivity contribution in [2.75, 3.05) is 5.32 Å². The van der Waals surface area contributed by atoms with Crippen molar-refractivity contribution in [2.45, 2.75) is 13.0 Å². The minimum Gasteiger partial charge on any atom is -0.423 e. The van der Waals surface area contributed by atoms with E-state index in [-0.39, 0.29) is 0 Å². The molecule has 0 fully saturated rings. The van der Waals surface area contributed by atoms with E-state index in [0.717, 1.165) is 17.7 Å². The van der Waals surface area contributed by atoms with E-state index in [9.17, 15) is 10.0 Å². The number of anilines is 1. The smallest absolute Gasteiger partial charge is 0.423 e. The maximum absolute atomic E-state index is 9.26. The van der Waals surface area contributed by atoms with Crippen LogP contribution in [0.2, 0.25) is 0 Å². The molecule has 0 aliphatic heterocycles. The van der Waals surface area contributed by atoms with Crippen LogP contribution >= 0.6 is 0 Å². The molecule has 1 aliphatic rings. The zero-order valence-corrected chi connectivity index (χ0v) is 13.2. The molecule has 3 aromatic rings. The molecule has 0 radical (unpaired) electrons. The van der Waals surface area contributed by atoms with Crippen LogP contribution in [-0.4, -0.2) is 17.2 Å². The zero-order valence-electron chi connectivity index (χ0n) is 13.2.